The van der Waals surface area contributed by atoms with Crippen LogP contribution < -0.4 is 0 Å². The highest BCUT2D eigenvalue weighted by molar-refractivity contribution is 5.98. The van der Waals surface area contributed by atoms with E-state index in [0.29, 0.717) is 18.8 Å². The van der Waals surface area contributed by atoms with Crippen LogP contribution in [0.1, 0.15) is 26.2 Å². The summed E-state index contributed by atoms with van der Waals surface area (Å²) in [5.74, 6) is 0.390. The molecule has 0 radical (unpaired) electrons. The van der Waals surface area contributed by atoms with Crippen molar-refractivity contribution in [3.63, 3.8) is 0 Å². The van der Waals surface area contributed by atoms with Gasteiger partial charge in [0.2, 0.25) is 0 Å². The minimum Gasteiger partial charge on any atom is -0.382 e. The van der Waals surface area contributed by atoms with E-state index in [9.17, 15) is 9.90 Å². The number of rotatable bonds is 0. The van der Waals surface area contributed by atoms with Gasteiger partial charge in [-0.15, -0.1) is 0 Å². The van der Waals surface area contributed by atoms with Crippen molar-refractivity contribution in [2.24, 2.45) is 5.92 Å². The molecule has 0 spiro atoms. The summed E-state index contributed by atoms with van der Waals surface area (Å²) >= 11 is 0. The number of allylic oxidation sites excluding steroid dienone is 1. The molecule has 0 heterocycles. The second-order valence-corrected chi connectivity index (χ2v) is 3.72. The van der Waals surface area contributed by atoms with Crippen molar-refractivity contribution in [3.05, 3.63) is 11.6 Å². The van der Waals surface area contributed by atoms with E-state index in [1.807, 2.05) is 6.92 Å². The number of carbonyl (C=O) groups excluding carboxylic acids is 1. The number of fused-ring (bicyclic) bond motifs is 2. The predicted molar refractivity (Wildman–Crippen MR) is 41.1 cm³/mol. The van der Waals surface area contributed by atoms with E-state index in [1.54, 1.807) is 6.08 Å². The van der Waals surface area contributed by atoms with Gasteiger partial charge in [0.15, 0.2) is 5.78 Å². The monoisotopic (exact) mass is 152 g/mol. The largest absolute Gasteiger partial charge is 0.382 e. The first-order valence-corrected chi connectivity index (χ1v) is 4.07. The van der Waals surface area contributed by atoms with Crippen molar-refractivity contribution in [1.29, 1.82) is 0 Å². The maximum Gasteiger partial charge on any atom is 0.187 e. The quantitative estimate of drug-likeness (QED) is 0.563. The Balaban J connectivity index is 2.41. The van der Waals surface area contributed by atoms with Crippen LogP contribution >= 0.6 is 0 Å². The third kappa shape index (κ3) is 0.857. The van der Waals surface area contributed by atoms with Crippen LogP contribution in [0.3, 0.4) is 0 Å². The summed E-state index contributed by atoms with van der Waals surface area (Å²) in [4.78, 5) is 11.3. The van der Waals surface area contributed by atoms with Crippen molar-refractivity contribution in [2.75, 3.05) is 0 Å². The first-order valence-electron chi connectivity index (χ1n) is 4.07. The summed E-state index contributed by atoms with van der Waals surface area (Å²) in [5, 5.41) is 9.71. The summed E-state index contributed by atoms with van der Waals surface area (Å²) in [5.41, 5.74) is 0.168. The molecule has 1 fully saturated rings. The zero-order valence-corrected chi connectivity index (χ0v) is 6.63. The van der Waals surface area contributed by atoms with Gasteiger partial charge in [-0.3, -0.25) is 4.79 Å². The van der Waals surface area contributed by atoms with Gasteiger partial charge < -0.3 is 5.11 Å². The lowest BCUT2D eigenvalue weighted by Crippen LogP contribution is -2.36. The summed E-state index contributed by atoms with van der Waals surface area (Å²) in [6.45, 7) is 1.98. The molecule has 0 aromatic carbocycles. The minimum atomic E-state index is -0.982. The molecule has 0 aromatic heterocycles. The fourth-order valence-electron chi connectivity index (χ4n) is 2.10. The standard InChI is InChI=1S/C9H12O2/c1-6-4-8(10)9(11)3-2-7(6)5-9/h4,7,11H,2-3,5H2,1H3. The van der Waals surface area contributed by atoms with E-state index in [4.69, 9.17) is 0 Å². The molecule has 2 rings (SSSR count). The molecule has 0 saturated heterocycles. The van der Waals surface area contributed by atoms with Crippen molar-refractivity contribution in [3.8, 4) is 0 Å². The summed E-state index contributed by atoms with van der Waals surface area (Å²) < 4.78 is 0. The average molecular weight is 152 g/mol. The molecule has 0 amide bonds. The van der Waals surface area contributed by atoms with Gasteiger partial charge in [-0.25, -0.2) is 0 Å². The van der Waals surface area contributed by atoms with E-state index in [-0.39, 0.29) is 5.78 Å². The highest BCUT2D eigenvalue weighted by Crippen LogP contribution is 2.42. The fourth-order valence-corrected chi connectivity index (χ4v) is 2.10. The lowest BCUT2D eigenvalue weighted by Gasteiger charge is -2.24. The Morgan fingerprint density at radius 3 is 3.18 bits per heavy atom. The molecule has 0 aliphatic heterocycles. The molecule has 2 aliphatic carbocycles. The predicted octanol–water partition coefficient (Wildman–Crippen LogP) is 1.05. The molecule has 11 heavy (non-hydrogen) atoms. The maximum absolute atomic E-state index is 11.3. The van der Waals surface area contributed by atoms with E-state index < -0.39 is 5.60 Å². The van der Waals surface area contributed by atoms with Crippen LogP contribution in [0, 0.1) is 5.92 Å². The van der Waals surface area contributed by atoms with Gasteiger partial charge in [0, 0.05) is 0 Å². The Morgan fingerprint density at radius 1 is 1.73 bits per heavy atom. The van der Waals surface area contributed by atoms with Gasteiger partial charge in [-0.05, 0) is 38.2 Å². The molecular formula is C9H12O2. The number of hydrogen-bond acceptors (Lipinski definition) is 2. The summed E-state index contributed by atoms with van der Waals surface area (Å²) in [6, 6.07) is 0. The Bertz CT molecular complexity index is 242. The molecule has 2 aliphatic rings. The lowest BCUT2D eigenvalue weighted by atomic mass is 9.85. The van der Waals surface area contributed by atoms with Crippen LogP contribution in [-0.2, 0) is 4.79 Å². The van der Waals surface area contributed by atoms with E-state index in [2.05, 4.69) is 0 Å². The molecule has 60 valence electrons. The van der Waals surface area contributed by atoms with Crippen LogP contribution in [0.15, 0.2) is 11.6 Å². The number of carbonyl (C=O) groups is 1. The van der Waals surface area contributed by atoms with Crippen molar-refractivity contribution in [2.45, 2.75) is 31.8 Å². The minimum absolute atomic E-state index is 0.0799. The van der Waals surface area contributed by atoms with Gasteiger partial charge in [-0.1, -0.05) is 5.57 Å². The van der Waals surface area contributed by atoms with E-state index in [0.717, 1.165) is 12.0 Å². The molecule has 1 saturated carbocycles. The second-order valence-electron chi connectivity index (χ2n) is 3.72. The highest BCUT2D eigenvalue weighted by atomic mass is 16.3. The van der Waals surface area contributed by atoms with E-state index in [1.165, 1.54) is 0 Å². The third-order valence-electron chi connectivity index (χ3n) is 2.95. The van der Waals surface area contributed by atoms with Crippen LogP contribution in [0.2, 0.25) is 0 Å². The Morgan fingerprint density at radius 2 is 2.45 bits per heavy atom. The lowest BCUT2D eigenvalue weighted by molar-refractivity contribution is -0.132. The molecule has 2 atom stereocenters. The van der Waals surface area contributed by atoms with Gasteiger partial charge in [-0.2, -0.15) is 0 Å². The zero-order valence-electron chi connectivity index (χ0n) is 6.63. The smallest absolute Gasteiger partial charge is 0.187 e. The first kappa shape index (κ1) is 7.04. The average Bonchev–Trinajstić information content (AvgIpc) is 2.28. The van der Waals surface area contributed by atoms with E-state index >= 15 is 0 Å². The molecule has 2 heteroatoms. The number of aliphatic hydroxyl groups is 1. The topological polar surface area (TPSA) is 37.3 Å². The van der Waals surface area contributed by atoms with Gasteiger partial charge in [0.25, 0.3) is 0 Å². The molecule has 2 bridgehead atoms. The van der Waals surface area contributed by atoms with Crippen LogP contribution in [0.4, 0.5) is 0 Å². The van der Waals surface area contributed by atoms with Crippen molar-refractivity contribution >= 4 is 5.78 Å². The summed E-state index contributed by atoms with van der Waals surface area (Å²) in [6.07, 6.45) is 3.91. The SMILES string of the molecule is CC1=CC(=O)C2(O)CCC1C2. The normalized spacial score (nSPS) is 42.5. The van der Waals surface area contributed by atoms with Gasteiger partial charge in [0.1, 0.15) is 5.60 Å². The first-order chi connectivity index (χ1) is 5.12. The van der Waals surface area contributed by atoms with Crippen molar-refractivity contribution < 1.29 is 9.90 Å². The number of hydrogen-bond donors (Lipinski definition) is 1. The van der Waals surface area contributed by atoms with Crippen LogP contribution in [-0.4, -0.2) is 16.5 Å². The Kier molecular flexibility index (Phi) is 1.25. The maximum atomic E-state index is 11.3. The van der Waals surface area contributed by atoms with Crippen molar-refractivity contribution in [1.82, 2.24) is 0 Å². The Hall–Kier alpha value is -0.630. The molecule has 2 unspecified atom stereocenters. The van der Waals surface area contributed by atoms with Gasteiger partial charge in [0.05, 0.1) is 0 Å². The summed E-state index contributed by atoms with van der Waals surface area (Å²) in [7, 11) is 0. The molecule has 2 nitrogen and oxygen atoms in total. The zero-order chi connectivity index (χ0) is 8.06. The highest BCUT2D eigenvalue weighted by Gasteiger charge is 2.45. The number of ketones is 1. The Labute approximate surface area is 65.9 Å². The van der Waals surface area contributed by atoms with Crippen LogP contribution in [0.25, 0.3) is 0 Å². The molecular weight excluding hydrogens is 140 g/mol. The molecule has 0 aromatic rings. The second kappa shape index (κ2) is 1.95. The third-order valence-corrected chi connectivity index (χ3v) is 2.95. The fraction of sp³-hybridized carbons (Fsp3) is 0.667. The molecule has 1 N–H and O–H groups in total. The van der Waals surface area contributed by atoms with Gasteiger partial charge >= 0.3 is 0 Å². The van der Waals surface area contributed by atoms with Crippen LogP contribution in [0.5, 0.6) is 0 Å².